The van der Waals surface area contributed by atoms with Gasteiger partial charge in [-0.1, -0.05) is 46.3 Å². The Morgan fingerprint density at radius 2 is 1.80 bits per heavy atom. The number of hydrogen-bond donors (Lipinski definition) is 1. The van der Waals surface area contributed by atoms with Gasteiger partial charge in [0, 0.05) is 4.47 Å². The van der Waals surface area contributed by atoms with Crippen LogP contribution in [0.5, 0.6) is 0 Å². The molecule has 1 aromatic carbocycles. The first-order chi connectivity index (χ1) is 12.0. The molecule has 6 heteroatoms. The van der Waals surface area contributed by atoms with Gasteiger partial charge in [-0.15, -0.1) is 0 Å². The summed E-state index contributed by atoms with van der Waals surface area (Å²) < 4.78 is 0.910. The van der Waals surface area contributed by atoms with Crippen molar-refractivity contribution in [1.29, 1.82) is 0 Å². The molecule has 1 aliphatic heterocycles. The summed E-state index contributed by atoms with van der Waals surface area (Å²) in [5.74, 6) is -0.860. The molecule has 1 heterocycles. The quantitative estimate of drug-likeness (QED) is 0.621. The Kier molecular flexibility index (Phi) is 4.02. The number of halogens is 1. The SMILES string of the molecule is CC(NC(=O)CN1C(=O)C2C3C=CC(C3)C2C1=O)c1ccccc1Br. The molecule has 4 rings (SSSR count). The zero-order valence-corrected chi connectivity index (χ0v) is 15.4. The second-order valence-corrected chi connectivity index (χ2v) is 7.93. The van der Waals surface area contributed by atoms with Crippen molar-refractivity contribution in [3.05, 3.63) is 46.5 Å². The maximum absolute atomic E-state index is 12.6. The molecule has 0 radical (unpaired) electrons. The fourth-order valence-electron chi connectivity index (χ4n) is 4.45. The summed E-state index contributed by atoms with van der Waals surface area (Å²) in [6.07, 6.45) is 5.00. The van der Waals surface area contributed by atoms with Crippen LogP contribution in [-0.2, 0) is 14.4 Å². The predicted molar refractivity (Wildman–Crippen MR) is 95.1 cm³/mol. The fourth-order valence-corrected chi connectivity index (χ4v) is 5.08. The van der Waals surface area contributed by atoms with Crippen molar-refractivity contribution in [2.45, 2.75) is 19.4 Å². The lowest BCUT2D eigenvalue weighted by atomic mass is 9.85. The lowest BCUT2D eigenvalue weighted by Crippen LogP contribution is -2.42. The summed E-state index contributed by atoms with van der Waals surface area (Å²) in [5, 5.41) is 2.88. The molecule has 1 aromatic rings. The molecule has 5 atom stereocenters. The predicted octanol–water partition coefficient (Wildman–Crippen LogP) is 2.43. The van der Waals surface area contributed by atoms with E-state index in [1.807, 2.05) is 31.2 Å². The van der Waals surface area contributed by atoms with Gasteiger partial charge in [-0.3, -0.25) is 19.3 Å². The van der Waals surface area contributed by atoms with E-state index in [0.717, 1.165) is 21.4 Å². The number of nitrogens with one attached hydrogen (secondary N) is 1. The summed E-state index contributed by atoms with van der Waals surface area (Å²) in [7, 11) is 0. The number of allylic oxidation sites excluding steroid dienone is 2. The molecule has 5 unspecified atom stereocenters. The van der Waals surface area contributed by atoms with Crippen molar-refractivity contribution >= 4 is 33.7 Å². The van der Waals surface area contributed by atoms with Crippen LogP contribution in [0.15, 0.2) is 40.9 Å². The zero-order chi connectivity index (χ0) is 17.7. The molecular weight excluding hydrogens is 384 g/mol. The summed E-state index contributed by atoms with van der Waals surface area (Å²) in [6.45, 7) is 1.68. The van der Waals surface area contributed by atoms with Gasteiger partial charge in [0.15, 0.2) is 0 Å². The van der Waals surface area contributed by atoms with E-state index >= 15 is 0 Å². The van der Waals surface area contributed by atoms with Crippen LogP contribution in [0.3, 0.4) is 0 Å². The van der Waals surface area contributed by atoms with Crippen LogP contribution in [0, 0.1) is 23.7 Å². The lowest BCUT2D eigenvalue weighted by molar-refractivity contribution is -0.144. The maximum Gasteiger partial charge on any atom is 0.240 e. The number of nitrogens with zero attached hydrogens (tertiary/aromatic N) is 1. The van der Waals surface area contributed by atoms with E-state index in [0.29, 0.717) is 0 Å². The van der Waals surface area contributed by atoms with E-state index in [9.17, 15) is 14.4 Å². The third kappa shape index (κ3) is 2.63. The van der Waals surface area contributed by atoms with Crippen molar-refractivity contribution in [3.63, 3.8) is 0 Å². The Hall–Kier alpha value is -1.95. The summed E-state index contributed by atoms with van der Waals surface area (Å²) in [5.41, 5.74) is 0.953. The van der Waals surface area contributed by atoms with Crippen LogP contribution in [0.2, 0.25) is 0 Å². The molecule has 1 N–H and O–H groups in total. The number of amides is 3. The molecule has 130 valence electrons. The molecular formula is C19H19BrN2O3. The van der Waals surface area contributed by atoms with E-state index in [1.54, 1.807) is 0 Å². The second-order valence-electron chi connectivity index (χ2n) is 7.07. The van der Waals surface area contributed by atoms with Crippen LogP contribution in [-0.4, -0.2) is 29.2 Å². The number of hydrogen-bond acceptors (Lipinski definition) is 3. The minimum absolute atomic E-state index is 0.165. The molecule has 2 bridgehead atoms. The van der Waals surface area contributed by atoms with E-state index < -0.39 is 0 Å². The number of carbonyl (C=O) groups excluding carboxylic acids is 3. The van der Waals surface area contributed by atoms with Crippen LogP contribution in [0.25, 0.3) is 0 Å². The first kappa shape index (κ1) is 16.5. The molecule has 25 heavy (non-hydrogen) atoms. The Balaban J connectivity index is 1.43. The first-order valence-corrected chi connectivity index (χ1v) is 9.34. The number of benzene rings is 1. The highest BCUT2D eigenvalue weighted by molar-refractivity contribution is 9.10. The normalized spacial score (nSPS) is 30.7. The molecule has 3 aliphatic rings. The molecule has 0 spiro atoms. The maximum atomic E-state index is 12.6. The van der Waals surface area contributed by atoms with Gasteiger partial charge < -0.3 is 5.32 Å². The Morgan fingerprint density at radius 3 is 2.40 bits per heavy atom. The smallest absolute Gasteiger partial charge is 0.240 e. The van der Waals surface area contributed by atoms with Gasteiger partial charge in [0.2, 0.25) is 17.7 Å². The van der Waals surface area contributed by atoms with Crippen LogP contribution in [0.1, 0.15) is 24.9 Å². The van der Waals surface area contributed by atoms with Crippen molar-refractivity contribution in [2.75, 3.05) is 6.54 Å². The van der Waals surface area contributed by atoms with E-state index in [4.69, 9.17) is 0 Å². The molecule has 5 nitrogen and oxygen atoms in total. The van der Waals surface area contributed by atoms with Gasteiger partial charge in [0.05, 0.1) is 17.9 Å². The number of fused-ring (bicyclic) bond motifs is 5. The topological polar surface area (TPSA) is 66.5 Å². The number of rotatable bonds is 4. The Labute approximate surface area is 154 Å². The first-order valence-electron chi connectivity index (χ1n) is 8.54. The Morgan fingerprint density at radius 1 is 1.20 bits per heavy atom. The molecule has 3 amide bonds. The molecule has 1 saturated carbocycles. The van der Waals surface area contributed by atoms with Crippen molar-refractivity contribution in [1.82, 2.24) is 10.2 Å². The van der Waals surface area contributed by atoms with Crippen LogP contribution < -0.4 is 5.32 Å². The highest BCUT2D eigenvalue weighted by Gasteiger charge is 2.59. The van der Waals surface area contributed by atoms with Gasteiger partial charge in [-0.05, 0) is 36.8 Å². The van der Waals surface area contributed by atoms with Gasteiger partial charge in [-0.2, -0.15) is 0 Å². The monoisotopic (exact) mass is 402 g/mol. The number of imide groups is 1. The van der Waals surface area contributed by atoms with Crippen LogP contribution >= 0.6 is 15.9 Å². The van der Waals surface area contributed by atoms with Crippen molar-refractivity contribution in [3.8, 4) is 0 Å². The largest absolute Gasteiger partial charge is 0.348 e. The second kappa shape index (κ2) is 6.09. The average Bonchev–Trinajstić information content (AvgIpc) is 3.25. The van der Waals surface area contributed by atoms with Gasteiger partial charge >= 0.3 is 0 Å². The number of carbonyl (C=O) groups is 3. The zero-order valence-electron chi connectivity index (χ0n) is 13.8. The summed E-state index contributed by atoms with van der Waals surface area (Å²) >= 11 is 3.47. The average molecular weight is 403 g/mol. The van der Waals surface area contributed by atoms with Crippen LogP contribution in [0.4, 0.5) is 0 Å². The molecule has 0 aromatic heterocycles. The molecule has 2 aliphatic carbocycles. The van der Waals surface area contributed by atoms with Gasteiger partial charge in [0.25, 0.3) is 0 Å². The fraction of sp³-hybridized carbons (Fsp3) is 0.421. The highest BCUT2D eigenvalue weighted by Crippen LogP contribution is 2.52. The standard InChI is InChI=1S/C19H19BrN2O3/c1-10(13-4-2-3-5-14(13)20)21-15(23)9-22-18(24)16-11-6-7-12(8-11)17(16)19(22)25/h2-7,10-12,16-17H,8-9H2,1H3,(H,21,23). The summed E-state index contributed by atoms with van der Waals surface area (Å²) in [4.78, 5) is 38.8. The highest BCUT2D eigenvalue weighted by atomic mass is 79.9. The van der Waals surface area contributed by atoms with Gasteiger partial charge in [0.1, 0.15) is 6.54 Å². The minimum Gasteiger partial charge on any atom is -0.348 e. The third-order valence-corrected chi connectivity index (χ3v) is 6.33. The van der Waals surface area contributed by atoms with Crippen molar-refractivity contribution < 1.29 is 14.4 Å². The Bertz CT molecular complexity index is 761. The van der Waals surface area contributed by atoms with E-state index in [1.165, 1.54) is 0 Å². The minimum atomic E-state index is -0.315. The summed E-state index contributed by atoms with van der Waals surface area (Å²) in [6, 6.07) is 7.43. The van der Waals surface area contributed by atoms with E-state index in [-0.39, 0.29) is 54.0 Å². The number of likely N-dealkylation sites (tertiary alicyclic amines) is 1. The third-order valence-electron chi connectivity index (χ3n) is 5.61. The lowest BCUT2D eigenvalue weighted by Gasteiger charge is -2.20. The van der Waals surface area contributed by atoms with Crippen molar-refractivity contribution in [2.24, 2.45) is 23.7 Å². The molecule has 1 saturated heterocycles. The van der Waals surface area contributed by atoms with Gasteiger partial charge in [-0.25, -0.2) is 0 Å². The van der Waals surface area contributed by atoms with E-state index in [2.05, 4.69) is 33.4 Å². The molecule has 2 fully saturated rings.